The summed E-state index contributed by atoms with van der Waals surface area (Å²) in [5.41, 5.74) is 1.68. The first-order valence-electron chi connectivity index (χ1n) is 8.11. The zero-order valence-electron chi connectivity index (χ0n) is 13.9. The third kappa shape index (κ3) is 4.12. The number of nitrogens with zero attached hydrogens (tertiary/aromatic N) is 1. The first-order valence-corrected chi connectivity index (χ1v) is 8.49. The van der Waals surface area contributed by atoms with Crippen molar-refractivity contribution in [3.8, 4) is 5.75 Å². The lowest BCUT2D eigenvalue weighted by molar-refractivity contribution is -0.122. The van der Waals surface area contributed by atoms with E-state index in [1.54, 1.807) is 17.0 Å². The van der Waals surface area contributed by atoms with Crippen LogP contribution in [0.25, 0.3) is 0 Å². The van der Waals surface area contributed by atoms with E-state index in [9.17, 15) is 9.59 Å². The molecule has 6 heteroatoms. The maximum absolute atomic E-state index is 12.2. The molecule has 1 aliphatic rings. The number of para-hydroxylation sites is 2. The lowest BCUT2D eigenvalue weighted by Crippen LogP contribution is -2.41. The summed E-state index contributed by atoms with van der Waals surface area (Å²) in [7, 11) is 0. The van der Waals surface area contributed by atoms with Gasteiger partial charge in [-0.05, 0) is 36.8 Å². The minimum Gasteiger partial charge on any atom is -0.482 e. The second-order valence-corrected chi connectivity index (χ2v) is 6.33. The minimum atomic E-state index is -0.141. The van der Waals surface area contributed by atoms with Crippen molar-refractivity contribution in [3.05, 3.63) is 59.1 Å². The van der Waals surface area contributed by atoms with E-state index in [-0.39, 0.29) is 30.9 Å². The molecule has 1 atom stereocenters. The van der Waals surface area contributed by atoms with E-state index in [4.69, 9.17) is 16.3 Å². The summed E-state index contributed by atoms with van der Waals surface area (Å²) in [6.45, 7) is 2.23. The average Bonchev–Trinajstić information content (AvgIpc) is 2.61. The SMILES string of the molecule is C[C@H](NC(=O)CCN1C(=O)COc2ccccc21)c1ccc(Cl)cc1. The number of amides is 2. The summed E-state index contributed by atoms with van der Waals surface area (Å²) in [5, 5.41) is 3.60. The quantitative estimate of drug-likeness (QED) is 0.891. The number of hydrogen-bond acceptors (Lipinski definition) is 3. The van der Waals surface area contributed by atoms with Crippen LogP contribution in [0, 0.1) is 0 Å². The Morgan fingerprint density at radius 3 is 2.72 bits per heavy atom. The van der Waals surface area contributed by atoms with Crippen molar-refractivity contribution in [3.63, 3.8) is 0 Å². The lowest BCUT2D eigenvalue weighted by atomic mass is 10.1. The monoisotopic (exact) mass is 358 g/mol. The Labute approximate surface area is 151 Å². The van der Waals surface area contributed by atoms with Gasteiger partial charge >= 0.3 is 0 Å². The van der Waals surface area contributed by atoms with Crippen molar-refractivity contribution in [1.82, 2.24) is 5.32 Å². The van der Waals surface area contributed by atoms with Crippen molar-refractivity contribution in [2.24, 2.45) is 0 Å². The number of hydrogen-bond donors (Lipinski definition) is 1. The van der Waals surface area contributed by atoms with Crippen LogP contribution in [0.15, 0.2) is 48.5 Å². The highest BCUT2D eigenvalue weighted by atomic mass is 35.5. The summed E-state index contributed by atoms with van der Waals surface area (Å²) in [6, 6.07) is 14.6. The van der Waals surface area contributed by atoms with Crippen LogP contribution in [0.1, 0.15) is 24.9 Å². The van der Waals surface area contributed by atoms with Gasteiger partial charge in [-0.15, -0.1) is 0 Å². The number of ether oxygens (including phenoxy) is 1. The van der Waals surface area contributed by atoms with E-state index in [0.29, 0.717) is 23.0 Å². The molecule has 3 rings (SSSR count). The molecule has 0 radical (unpaired) electrons. The van der Waals surface area contributed by atoms with Crippen LogP contribution < -0.4 is 15.0 Å². The molecule has 0 bridgehead atoms. The Kier molecular flexibility index (Phi) is 5.24. The maximum atomic E-state index is 12.2. The molecule has 0 saturated heterocycles. The Morgan fingerprint density at radius 1 is 1.24 bits per heavy atom. The Hall–Kier alpha value is -2.53. The third-order valence-corrected chi connectivity index (χ3v) is 4.37. The van der Waals surface area contributed by atoms with Crippen molar-refractivity contribution in [2.75, 3.05) is 18.1 Å². The molecule has 0 fully saturated rings. The largest absolute Gasteiger partial charge is 0.482 e. The molecule has 0 aromatic heterocycles. The van der Waals surface area contributed by atoms with E-state index in [2.05, 4.69) is 5.32 Å². The molecule has 2 aromatic carbocycles. The van der Waals surface area contributed by atoms with Crippen LogP contribution in [0.5, 0.6) is 5.75 Å². The molecule has 5 nitrogen and oxygen atoms in total. The molecular weight excluding hydrogens is 340 g/mol. The lowest BCUT2D eigenvalue weighted by Gasteiger charge is -2.29. The smallest absolute Gasteiger partial charge is 0.265 e. The Bertz CT molecular complexity index is 776. The zero-order chi connectivity index (χ0) is 17.8. The highest BCUT2D eigenvalue weighted by molar-refractivity contribution is 6.30. The summed E-state index contributed by atoms with van der Waals surface area (Å²) >= 11 is 5.88. The first kappa shape index (κ1) is 17.3. The number of fused-ring (bicyclic) bond motifs is 1. The molecule has 0 saturated carbocycles. The molecule has 130 valence electrons. The number of carbonyl (C=O) groups is 2. The van der Waals surface area contributed by atoms with Crippen LogP contribution in [0.3, 0.4) is 0 Å². The molecule has 2 aromatic rings. The van der Waals surface area contributed by atoms with Gasteiger partial charge in [0.2, 0.25) is 5.91 Å². The first-order chi connectivity index (χ1) is 12.0. The second-order valence-electron chi connectivity index (χ2n) is 5.89. The van der Waals surface area contributed by atoms with Crippen LogP contribution in [-0.4, -0.2) is 25.0 Å². The average molecular weight is 359 g/mol. The Balaban J connectivity index is 1.59. The molecule has 0 spiro atoms. The van der Waals surface area contributed by atoms with Crippen LogP contribution in [-0.2, 0) is 9.59 Å². The summed E-state index contributed by atoms with van der Waals surface area (Å²) in [5.74, 6) is 0.411. The molecule has 1 heterocycles. The maximum Gasteiger partial charge on any atom is 0.265 e. The minimum absolute atomic E-state index is 0.000189. The van der Waals surface area contributed by atoms with E-state index in [1.165, 1.54) is 0 Å². The molecule has 2 amide bonds. The van der Waals surface area contributed by atoms with E-state index in [1.807, 2.05) is 43.3 Å². The molecule has 0 aliphatic carbocycles. The van der Waals surface area contributed by atoms with E-state index < -0.39 is 0 Å². The summed E-state index contributed by atoms with van der Waals surface area (Å²) in [4.78, 5) is 26.0. The van der Waals surface area contributed by atoms with E-state index >= 15 is 0 Å². The highest BCUT2D eigenvalue weighted by Crippen LogP contribution is 2.31. The summed E-state index contributed by atoms with van der Waals surface area (Å²) < 4.78 is 5.40. The number of rotatable bonds is 5. The van der Waals surface area contributed by atoms with Gasteiger partial charge in [0.1, 0.15) is 5.75 Å². The normalized spacial score (nSPS) is 14.5. The van der Waals surface area contributed by atoms with Crippen molar-refractivity contribution >= 4 is 29.1 Å². The summed E-state index contributed by atoms with van der Waals surface area (Å²) in [6.07, 6.45) is 0.220. The molecule has 1 N–H and O–H groups in total. The fourth-order valence-corrected chi connectivity index (χ4v) is 2.89. The van der Waals surface area contributed by atoms with Gasteiger partial charge in [0.15, 0.2) is 6.61 Å². The Morgan fingerprint density at radius 2 is 1.96 bits per heavy atom. The predicted octanol–water partition coefficient (Wildman–Crippen LogP) is 3.33. The molecule has 25 heavy (non-hydrogen) atoms. The number of carbonyl (C=O) groups excluding carboxylic acids is 2. The van der Waals surface area contributed by atoms with Gasteiger partial charge < -0.3 is 15.0 Å². The third-order valence-electron chi connectivity index (χ3n) is 4.12. The standard InChI is InChI=1S/C19H19ClN2O3/c1-13(14-6-8-15(20)9-7-14)21-18(23)10-11-22-16-4-2-3-5-17(16)25-12-19(22)24/h2-9,13H,10-12H2,1H3,(H,21,23)/t13-/m0/s1. The van der Waals surface area contributed by atoms with Crippen LogP contribution in [0.2, 0.25) is 5.02 Å². The number of halogens is 1. The predicted molar refractivity (Wildman–Crippen MR) is 96.9 cm³/mol. The molecular formula is C19H19ClN2O3. The van der Waals surface area contributed by atoms with Gasteiger partial charge in [-0.2, -0.15) is 0 Å². The van der Waals surface area contributed by atoms with Crippen molar-refractivity contribution in [1.29, 1.82) is 0 Å². The molecule has 0 unspecified atom stereocenters. The number of nitrogens with one attached hydrogen (secondary N) is 1. The number of benzene rings is 2. The fourth-order valence-electron chi connectivity index (χ4n) is 2.76. The fraction of sp³-hybridized carbons (Fsp3) is 0.263. The number of anilines is 1. The second kappa shape index (κ2) is 7.57. The van der Waals surface area contributed by atoms with Crippen molar-refractivity contribution in [2.45, 2.75) is 19.4 Å². The van der Waals surface area contributed by atoms with Gasteiger partial charge in [-0.1, -0.05) is 35.9 Å². The van der Waals surface area contributed by atoms with Gasteiger partial charge in [0, 0.05) is 18.0 Å². The van der Waals surface area contributed by atoms with E-state index in [0.717, 1.165) is 5.56 Å². The van der Waals surface area contributed by atoms with Crippen LogP contribution >= 0.6 is 11.6 Å². The van der Waals surface area contributed by atoms with Gasteiger partial charge in [-0.25, -0.2) is 0 Å². The molecule has 1 aliphatic heterocycles. The van der Waals surface area contributed by atoms with Crippen LogP contribution in [0.4, 0.5) is 5.69 Å². The van der Waals surface area contributed by atoms with Crippen molar-refractivity contribution < 1.29 is 14.3 Å². The topological polar surface area (TPSA) is 58.6 Å². The van der Waals surface area contributed by atoms with Gasteiger partial charge in [0.25, 0.3) is 5.91 Å². The highest BCUT2D eigenvalue weighted by Gasteiger charge is 2.25. The van der Waals surface area contributed by atoms with Gasteiger partial charge in [0.05, 0.1) is 11.7 Å². The van der Waals surface area contributed by atoms with Gasteiger partial charge in [-0.3, -0.25) is 9.59 Å². The zero-order valence-corrected chi connectivity index (χ0v) is 14.6.